The van der Waals surface area contributed by atoms with Gasteiger partial charge in [-0.2, -0.15) is 0 Å². The maximum absolute atomic E-state index is 12.0. The molecular formula is C11H12N2OS2. The van der Waals surface area contributed by atoms with Gasteiger partial charge < -0.3 is 5.73 Å². The first-order chi connectivity index (χ1) is 7.59. The predicted octanol–water partition coefficient (Wildman–Crippen LogP) is 1.99. The molecule has 0 bridgehead atoms. The van der Waals surface area contributed by atoms with E-state index in [0.29, 0.717) is 11.5 Å². The molecule has 1 heterocycles. The Hall–Kier alpha value is -1.20. The summed E-state index contributed by atoms with van der Waals surface area (Å²) >= 11 is 6.37. The van der Waals surface area contributed by atoms with Crippen LogP contribution in [0.15, 0.2) is 29.1 Å². The minimum atomic E-state index is 0.0424. The highest BCUT2D eigenvalue weighted by molar-refractivity contribution is 7.80. The van der Waals surface area contributed by atoms with Crippen molar-refractivity contribution in [2.75, 3.05) is 0 Å². The number of hydrogen-bond donors (Lipinski definition) is 1. The molecule has 0 saturated heterocycles. The quantitative estimate of drug-likeness (QED) is 0.850. The second kappa shape index (κ2) is 4.35. The van der Waals surface area contributed by atoms with Crippen molar-refractivity contribution in [3.8, 4) is 0 Å². The van der Waals surface area contributed by atoms with Gasteiger partial charge in [0.1, 0.15) is 0 Å². The molecule has 5 heteroatoms. The van der Waals surface area contributed by atoms with E-state index in [4.69, 9.17) is 18.0 Å². The third-order valence-corrected chi connectivity index (χ3v) is 3.97. The van der Waals surface area contributed by atoms with Gasteiger partial charge in [-0.3, -0.25) is 8.75 Å². The fourth-order valence-corrected chi connectivity index (χ4v) is 2.66. The van der Waals surface area contributed by atoms with Gasteiger partial charge in [-0.25, -0.2) is 0 Å². The molecule has 0 radical (unpaired) electrons. The van der Waals surface area contributed by atoms with E-state index in [0.717, 1.165) is 10.1 Å². The summed E-state index contributed by atoms with van der Waals surface area (Å²) in [5.74, 6) is 0.0424. The molecule has 84 valence electrons. The topological polar surface area (TPSA) is 48.0 Å². The highest BCUT2D eigenvalue weighted by Gasteiger charge is 2.11. The molecule has 0 saturated carbocycles. The van der Waals surface area contributed by atoms with Gasteiger partial charge in [0.2, 0.25) is 0 Å². The molecule has 1 aromatic carbocycles. The van der Waals surface area contributed by atoms with Crippen molar-refractivity contribution in [2.24, 2.45) is 11.7 Å². The Morgan fingerprint density at radius 3 is 2.88 bits per heavy atom. The van der Waals surface area contributed by atoms with E-state index in [9.17, 15) is 4.79 Å². The standard InChI is InChI=1S/C11H12N2OS2/c1-7(10(12)15)6-13-11(14)8-4-2-3-5-9(8)16-13/h2-5,7H,6H2,1H3,(H2,12,15). The number of thiocarbonyl (C=S) groups is 1. The van der Waals surface area contributed by atoms with E-state index in [2.05, 4.69) is 0 Å². The van der Waals surface area contributed by atoms with E-state index in [-0.39, 0.29) is 11.5 Å². The number of aromatic nitrogens is 1. The molecule has 0 fully saturated rings. The van der Waals surface area contributed by atoms with Crippen LogP contribution in [0.2, 0.25) is 0 Å². The first kappa shape index (κ1) is 11.3. The van der Waals surface area contributed by atoms with Crippen LogP contribution in [0.25, 0.3) is 10.1 Å². The number of rotatable bonds is 3. The van der Waals surface area contributed by atoms with Gasteiger partial charge in [-0.15, -0.1) is 0 Å². The second-order valence-electron chi connectivity index (χ2n) is 3.76. The fraction of sp³-hybridized carbons (Fsp3) is 0.273. The van der Waals surface area contributed by atoms with Gasteiger partial charge in [0.15, 0.2) is 0 Å². The summed E-state index contributed by atoms with van der Waals surface area (Å²) in [6.45, 7) is 2.49. The van der Waals surface area contributed by atoms with Gasteiger partial charge in [0.05, 0.1) is 15.1 Å². The van der Waals surface area contributed by atoms with E-state index >= 15 is 0 Å². The minimum absolute atomic E-state index is 0.0424. The number of hydrogen-bond acceptors (Lipinski definition) is 3. The SMILES string of the molecule is CC(Cn1sc2ccccc2c1=O)C(N)=S. The molecule has 1 unspecified atom stereocenters. The number of nitrogens with zero attached hydrogens (tertiary/aromatic N) is 1. The third-order valence-electron chi connectivity index (χ3n) is 2.48. The maximum Gasteiger partial charge on any atom is 0.268 e. The average molecular weight is 252 g/mol. The summed E-state index contributed by atoms with van der Waals surface area (Å²) in [4.78, 5) is 12.4. The minimum Gasteiger partial charge on any atom is -0.393 e. The number of nitrogens with two attached hydrogens (primary N) is 1. The molecule has 0 aliphatic rings. The van der Waals surface area contributed by atoms with Crippen molar-refractivity contribution in [1.82, 2.24) is 3.96 Å². The Bertz CT molecular complexity index is 585. The molecule has 2 aromatic rings. The van der Waals surface area contributed by atoms with Crippen molar-refractivity contribution >= 4 is 38.8 Å². The summed E-state index contributed by atoms with van der Waals surface area (Å²) in [5, 5.41) is 0.766. The van der Waals surface area contributed by atoms with E-state index in [1.165, 1.54) is 11.5 Å². The molecular weight excluding hydrogens is 240 g/mol. The van der Waals surface area contributed by atoms with Gasteiger partial charge in [0, 0.05) is 12.5 Å². The van der Waals surface area contributed by atoms with Crippen LogP contribution < -0.4 is 11.3 Å². The van der Waals surface area contributed by atoms with Crippen molar-refractivity contribution in [1.29, 1.82) is 0 Å². The van der Waals surface area contributed by atoms with Crippen LogP contribution >= 0.6 is 23.8 Å². The largest absolute Gasteiger partial charge is 0.393 e. The summed E-state index contributed by atoms with van der Waals surface area (Å²) in [6.07, 6.45) is 0. The van der Waals surface area contributed by atoms with Crippen LogP contribution in [-0.2, 0) is 6.54 Å². The van der Waals surface area contributed by atoms with Crippen LogP contribution in [0.3, 0.4) is 0 Å². The van der Waals surface area contributed by atoms with E-state index < -0.39 is 0 Å². The second-order valence-corrected chi connectivity index (χ2v) is 5.29. The average Bonchev–Trinajstić information content (AvgIpc) is 2.56. The van der Waals surface area contributed by atoms with Crippen molar-refractivity contribution < 1.29 is 0 Å². The zero-order chi connectivity index (χ0) is 11.7. The maximum atomic E-state index is 12.0. The summed E-state index contributed by atoms with van der Waals surface area (Å²) in [6, 6.07) is 7.59. The lowest BCUT2D eigenvalue weighted by atomic mass is 10.2. The Labute approximate surface area is 103 Å². The van der Waals surface area contributed by atoms with E-state index in [1.54, 1.807) is 3.96 Å². The van der Waals surface area contributed by atoms with Crippen LogP contribution in [0.4, 0.5) is 0 Å². The molecule has 2 rings (SSSR count). The van der Waals surface area contributed by atoms with Gasteiger partial charge in [-0.05, 0) is 12.1 Å². The van der Waals surface area contributed by atoms with Crippen molar-refractivity contribution in [3.63, 3.8) is 0 Å². The molecule has 0 aliphatic heterocycles. The fourth-order valence-electron chi connectivity index (χ4n) is 1.48. The molecule has 1 aromatic heterocycles. The van der Waals surface area contributed by atoms with Crippen LogP contribution in [0.1, 0.15) is 6.92 Å². The molecule has 3 nitrogen and oxygen atoms in total. The lowest BCUT2D eigenvalue weighted by Gasteiger charge is -2.08. The van der Waals surface area contributed by atoms with Crippen LogP contribution in [-0.4, -0.2) is 8.95 Å². The zero-order valence-corrected chi connectivity index (χ0v) is 10.5. The Balaban J connectivity index is 2.42. The molecule has 1 atom stereocenters. The van der Waals surface area contributed by atoms with Crippen molar-refractivity contribution in [2.45, 2.75) is 13.5 Å². The zero-order valence-electron chi connectivity index (χ0n) is 8.84. The lowest BCUT2D eigenvalue weighted by molar-refractivity contribution is 0.626. The summed E-state index contributed by atoms with van der Waals surface area (Å²) in [5.41, 5.74) is 5.59. The monoisotopic (exact) mass is 252 g/mol. The van der Waals surface area contributed by atoms with Gasteiger partial charge in [0.25, 0.3) is 5.56 Å². The molecule has 0 amide bonds. The normalized spacial score (nSPS) is 12.8. The molecule has 0 spiro atoms. The van der Waals surface area contributed by atoms with Gasteiger partial charge >= 0.3 is 0 Å². The predicted molar refractivity (Wildman–Crippen MR) is 72.0 cm³/mol. The highest BCUT2D eigenvalue weighted by Crippen LogP contribution is 2.16. The third kappa shape index (κ3) is 2.01. The van der Waals surface area contributed by atoms with Crippen LogP contribution in [0, 0.1) is 5.92 Å². The van der Waals surface area contributed by atoms with E-state index in [1.807, 2.05) is 31.2 Å². The van der Waals surface area contributed by atoms with Crippen molar-refractivity contribution in [3.05, 3.63) is 34.6 Å². The molecule has 16 heavy (non-hydrogen) atoms. The molecule has 0 aliphatic carbocycles. The summed E-state index contributed by atoms with van der Waals surface area (Å²) in [7, 11) is 0. The number of benzene rings is 1. The first-order valence-corrected chi connectivity index (χ1v) is 6.16. The van der Waals surface area contributed by atoms with Crippen LogP contribution in [0.5, 0.6) is 0 Å². The Kier molecular flexibility index (Phi) is 3.07. The lowest BCUT2D eigenvalue weighted by Crippen LogP contribution is -2.26. The highest BCUT2D eigenvalue weighted by atomic mass is 32.1. The number of fused-ring (bicyclic) bond motifs is 1. The Morgan fingerprint density at radius 1 is 1.56 bits per heavy atom. The molecule has 2 N–H and O–H groups in total. The van der Waals surface area contributed by atoms with Gasteiger partial charge in [-0.1, -0.05) is 42.8 Å². The first-order valence-electron chi connectivity index (χ1n) is 4.98. The Morgan fingerprint density at radius 2 is 2.25 bits per heavy atom. The smallest absolute Gasteiger partial charge is 0.268 e. The summed E-state index contributed by atoms with van der Waals surface area (Å²) < 4.78 is 2.72.